The molecule has 0 bridgehead atoms. The number of nitrogens with zero attached hydrogens (tertiary/aromatic N) is 2. The van der Waals surface area contributed by atoms with Gasteiger partial charge < -0.3 is 5.32 Å². The van der Waals surface area contributed by atoms with E-state index in [4.69, 9.17) is 0 Å². The number of aromatic nitrogens is 1. The zero-order valence-corrected chi connectivity index (χ0v) is 17.0. The van der Waals surface area contributed by atoms with Crippen molar-refractivity contribution in [3.8, 4) is 0 Å². The van der Waals surface area contributed by atoms with Crippen LogP contribution >= 0.6 is 11.8 Å². The highest BCUT2D eigenvalue weighted by Crippen LogP contribution is 2.30. The Kier molecular flexibility index (Phi) is 6.18. The number of thioether (sulfide) groups is 1. The third kappa shape index (κ3) is 4.51. The maximum absolute atomic E-state index is 13.0. The Bertz CT molecular complexity index is 923. The second-order valence-corrected chi connectivity index (χ2v) is 9.24. The first-order chi connectivity index (χ1) is 12.9. The van der Waals surface area contributed by atoms with Crippen molar-refractivity contribution in [3.63, 3.8) is 0 Å². The minimum Gasteiger partial charge on any atom is -0.310 e. The molecule has 144 valence electrons. The fourth-order valence-electron chi connectivity index (χ4n) is 3.17. The standard InChI is InChI=1S/C19H23N3O3S2/c1-14-6-5-9-18(20-14)21-19(23)15-10-12-22(13-11-15)27(24,25)17-8-4-3-7-16(17)26-2/h3-9,15H,10-13H2,1-2H3,(H,20,21,23). The van der Waals surface area contributed by atoms with Crippen LogP contribution < -0.4 is 5.32 Å². The molecule has 1 N–H and O–H groups in total. The van der Waals surface area contributed by atoms with Crippen molar-refractivity contribution in [1.82, 2.24) is 9.29 Å². The van der Waals surface area contributed by atoms with Gasteiger partial charge in [-0.05, 0) is 50.3 Å². The predicted octanol–water partition coefficient (Wildman–Crippen LogP) is 3.15. The second kappa shape index (κ2) is 8.41. The number of carbonyl (C=O) groups excluding carboxylic acids is 1. The van der Waals surface area contributed by atoms with Crippen molar-refractivity contribution in [1.29, 1.82) is 0 Å². The quantitative estimate of drug-likeness (QED) is 0.773. The van der Waals surface area contributed by atoms with Crippen molar-refractivity contribution in [3.05, 3.63) is 48.2 Å². The molecule has 1 aromatic heterocycles. The molecule has 0 saturated carbocycles. The van der Waals surface area contributed by atoms with Crippen molar-refractivity contribution in [2.75, 3.05) is 24.7 Å². The average Bonchev–Trinajstić information content (AvgIpc) is 2.68. The molecule has 1 aromatic carbocycles. The Hall–Kier alpha value is -1.90. The number of sulfonamides is 1. The molecule has 1 fully saturated rings. The van der Waals surface area contributed by atoms with E-state index in [2.05, 4.69) is 10.3 Å². The van der Waals surface area contributed by atoms with Crippen LogP contribution in [0, 0.1) is 12.8 Å². The van der Waals surface area contributed by atoms with Gasteiger partial charge in [0.15, 0.2) is 0 Å². The third-order valence-electron chi connectivity index (χ3n) is 4.65. The van der Waals surface area contributed by atoms with Crippen molar-refractivity contribution in [2.24, 2.45) is 5.92 Å². The number of carbonyl (C=O) groups is 1. The minimum atomic E-state index is -3.55. The zero-order chi connectivity index (χ0) is 19.4. The van der Waals surface area contributed by atoms with E-state index in [9.17, 15) is 13.2 Å². The minimum absolute atomic E-state index is 0.102. The Morgan fingerprint density at radius 3 is 2.52 bits per heavy atom. The van der Waals surface area contributed by atoms with E-state index in [0.29, 0.717) is 36.6 Å². The molecule has 0 spiro atoms. The number of hydrogen-bond donors (Lipinski definition) is 1. The summed E-state index contributed by atoms with van der Waals surface area (Å²) >= 11 is 1.42. The SMILES string of the molecule is CSc1ccccc1S(=O)(=O)N1CCC(C(=O)Nc2cccc(C)n2)CC1. The largest absolute Gasteiger partial charge is 0.310 e. The Balaban J connectivity index is 1.65. The molecule has 2 aromatic rings. The monoisotopic (exact) mass is 405 g/mol. The third-order valence-corrected chi connectivity index (χ3v) is 7.53. The lowest BCUT2D eigenvalue weighted by Gasteiger charge is -2.30. The first-order valence-corrected chi connectivity index (χ1v) is 11.5. The lowest BCUT2D eigenvalue weighted by Crippen LogP contribution is -2.41. The molecule has 1 amide bonds. The molecule has 2 heterocycles. The second-order valence-electron chi connectivity index (χ2n) is 6.48. The number of benzene rings is 1. The predicted molar refractivity (Wildman–Crippen MR) is 107 cm³/mol. The van der Waals surface area contributed by atoms with E-state index in [-0.39, 0.29) is 11.8 Å². The Morgan fingerprint density at radius 1 is 1.15 bits per heavy atom. The molecule has 1 aliphatic rings. The van der Waals surface area contributed by atoms with Crippen LogP contribution in [0.3, 0.4) is 0 Å². The first-order valence-electron chi connectivity index (χ1n) is 8.79. The molecule has 0 atom stereocenters. The highest BCUT2D eigenvalue weighted by molar-refractivity contribution is 7.99. The van der Waals surface area contributed by atoms with E-state index < -0.39 is 10.0 Å². The first kappa shape index (κ1) is 19.9. The maximum atomic E-state index is 13.0. The van der Waals surface area contributed by atoms with E-state index in [0.717, 1.165) is 10.6 Å². The fourth-order valence-corrected chi connectivity index (χ4v) is 5.76. The molecule has 0 unspecified atom stereocenters. The van der Waals surface area contributed by atoms with Crippen molar-refractivity contribution < 1.29 is 13.2 Å². The molecular formula is C19H23N3O3S2. The summed E-state index contributed by atoms with van der Waals surface area (Å²) < 4.78 is 27.4. The number of rotatable bonds is 5. The van der Waals surface area contributed by atoms with Gasteiger partial charge in [-0.2, -0.15) is 4.31 Å². The van der Waals surface area contributed by atoms with Crippen LogP contribution in [0.4, 0.5) is 5.82 Å². The summed E-state index contributed by atoms with van der Waals surface area (Å²) in [5.41, 5.74) is 0.834. The smallest absolute Gasteiger partial charge is 0.244 e. The van der Waals surface area contributed by atoms with Crippen LogP contribution in [0.2, 0.25) is 0 Å². The summed E-state index contributed by atoms with van der Waals surface area (Å²) in [6, 6.07) is 12.5. The van der Waals surface area contributed by atoms with Gasteiger partial charge in [0.1, 0.15) is 5.82 Å². The van der Waals surface area contributed by atoms with E-state index in [1.54, 1.807) is 18.2 Å². The molecule has 0 radical (unpaired) electrons. The normalized spacial score (nSPS) is 16.2. The van der Waals surface area contributed by atoms with Crippen LogP contribution in [0.1, 0.15) is 18.5 Å². The maximum Gasteiger partial charge on any atom is 0.244 e. The molecule has 27 heavy (non-hydrogen) atoms. The number of piperidine rings is 1. The summed E-state index contributed by atoms with van der Waals surface area (Å²) in [5.74, 6) is 0.216. The van der Waals surface area contributed by atoms with Gasteiger partial charge in [0.2, 0.25) is 15.9 Å². The summed E-state index contributed by atoms with van der Waals surface area (Å²) in [6.45, 7) is 2.54. The molecule has 0 aliphatic carbocycles. The van der Waals surface area contributed by atoms with Gasteiger partial charge in [0.05, 0.1) is 4.90 Å². The van der Waals surface area contributed by atoms with E-state index >= 15 is 0 Å². The molecule has 3 rings (SSSR count). The van der Waals surface area contributed by atoms with Gasteiger partial charge in [-0.25, -0.2) is 13.4 Å². The number of pyridine rings is 1. The number of anilines is 1. The lowest BCUT2D eigenvalue weighted by atomic mass is 9.97. The highest BCUT2D eigenvalue weighted by atomic mass is 32.2. The summed E-state index contributed by atoms with van der Waals surface area (Å²) in [4.78, 5) is 17.8. The molecule has 1 saturated heterocycles. The van der Waals surface area contributed by atoms with Crippen molar-refractivity contribution in [2.45, 2.75) is 29.6 Å². The number of amides is 1. The molecule has 6 nitrogen and oxygen atoms in total. The Morgan fingerprint density at radius 2 is 1.85 bits per heavy atom. The average molecular weight is 406 g/mol. The molecule has 1 aliphatic heterocycles. The number of aryl methyl sites for hydroxylation is 1. The van der Waals surface area contributed by atoms with Gasteiger partial charge in [-0.15, -0.1) is 11.8 Å². The van der Waals surface area contributed by atoms with Gasteiger partial charge >= 0.3 is 0 Å². The van der Waals surface area contributed by atoms with Crippen LogP contribution in [-0.4, -0.2) is 43.0 Å². The molecular weight excluding hydrogens is 382 g/mol. The Labute approximate surface area is 164 Å². The topological polar surface area (TPSA) is 79.4 Å². The van der Waals surface area contributed by atoms with E-state index in [1.807, 2.05) is 37.4 Å². The molecule has 8 heteroatoms. The van der Waals surface area contributed by atoms with E-state index in [1.165, 1.54) is 16.1 Å². The lowest BCUT2D eigenvalue weighted by molar-refractivity contribution is -0.120. The number of hydrogen-bond acceptors (Lipinski definition) is 5. The van der Waals surface area contributed by atoms with Crippen LogP contribution in [0.25, 0.3) is 0 Å². The van der Waals surface area contributed by atoms with Crippen LogP contribution in [0.5, 0.6) is 0 Å². The van der Waals surface area contributed by atoms with Gasteiger partial charge in [0.25, 0.3) is 0 Å². The summed E-state index contributed by atoms with van der Waals surface area (Å²) in [7, 11) is -3.55. The number of nitrogens with one attached hydrogen (secondary N) is 1. The van der Waals surface area contributed by atoms with Crippen molar-refractivity contribution >= 4 is 33.5 Å². The highest BCUT2D eigenvalue weighted by Gasteiger charge is 2.33. The summed E-state index contributed by atoms with van der Waals surface area (Å²) in [5, 5.41) is 2.83. The fraction of sp³-hybridized carbons (Fsp3) is 0.368. The van der Waals surface area contributed by atoms with Crippen LogP contribution in [0.15, 0.2) is 52.3 Å². The zero-order valence-electron chi connectivity index (χ0n) is 15.4. The summed E-state index contributed by atoms with van der Waals surface area (Å²) in [6.07, 6.45) is 2.86. The van der Waals surface area contributed by atoms with Gasteiger partial charge in [0, 0.05) is 29.6 Å². The van der Waals surface area contributed by atoms with Gasteiger partial charge in [-0.3, -0.25) is 4.79 Å². The van der Waals surface area contributed by atoms with Gasteiger partial charge in [-0.1, -0.05) is 18.2 Å². The van der Waals surface area contributed by atoms with Crippen LogP contribution in [-0.2, 0) is 14.8 Å².